The molecule has 1 fully saturated rings. The molecule has 1 aromatic carbocycles. The Morgan fingerprint density at radius 2 is 2.00 bits per heavy atom. The second kappa shape index (κ2) is 5.95. The Morgan fingerprint density at radius 1 is 1.28 bits per heavy atom. The van der Waals surface area contributed by atoms with Crippen LogP contribution in [-0.4, -0.2) is 33.3 Å². The molecule has 0 bridgehead atoms. The normalized spacial score (nSPS) is 17.2. The van der Waals surface area contributed by atoms with Crippen molar-refractivity contribution in [2.45, 2.75) is 32.1 Å². The van der Waals surface area contributed by atoms with Gasteiger partial charge in [-0.15, -0.1) is 11.3 Å². The van der Waals surface area contributed by atoms with Crippen molar-refractivity contribution in [1.82, 2.24) is 14.3 Å². The summed E-state index contributed by atoms with van der Waals surface area (Å²) in [5, 5.41) is 2.08. The Morgan fingerprint density at radius 3 is 2.72 bits per heavy atom. The van der Waals surface area contributed by atoms with Gasteiger partial charge in [0.1, 0.15) is 16.5 Å². The van der Waals surface area contributed by atoms with Crippen LogP contribution in [0.15, 0.2) is 35.8 Å². The first-order chi connectivity index (χ1) is 12.0. The average molecular weight is 357 g/mol. The van der Waals surface area contributed by atoms with Gasteiger partial charge in [-0.2, -0.15) is 0 Å². The number of likely N-dealkylation sites (tertiary alicyclic amines) is 1. The molecule has 2 aromatic heterocycles. The molecule has 0 N–H and O–H groups in total. The predicted octanol–water partition coefficient (Wildman–Crippen LogP) is 4.04. The van der Waals surface area contributed by atoms with Crippen molar-refractivity contribution in [2.75, 3.05) is 13.1 Å². The number of piperidine rings is 1. The van der Waals surface area contributed by atoms with Gasteiger partial charge in [-0.25, -0.2) is 9.37 Å². The Balaban J connectivity index is 1.56. The minimum absolute atomic E-state index is 0.0592. The van der Waals surface area contributed by atoms with Gasteiger partial charge in [-0.05, 0) is 31.9 Å². The number of aryl methyl sites for hydroxylation is 1. The van der Waals surface area contributed by atoms with Crippen LogP contribution in [0.1, 0.15) is 41.6 Å². The zero-order valence-corrected chi connectivity index (χ0v) is 15.1. The van der Waals surface area contributed by atoms with Crippen molar-refractivity contribution >= 4 is 22.1 Å². The zero-order chi connectivity index (χ0) is 17.6. The first kappa shape index (κ1) is 16.3. The molecule has 1 amide bonds. The van der Waals surface area contributed by atoms with E-state index in [1.165, 1.54) is 10.9 Å². The van der Waals surface area contributed by atoms with Crippen molar-refractivity contribution in [2.24, 2.45) is 0 Å². The van der Waals surface area contributed by atoms with Crippen molar-refractivity contribution < 1.29 is 9.18 Å². The van der Waals surface area contributed by atoms with Crippen LogP contribution in [0.3, 0.4) is 0 Å². The lowest BCUT2D eigenvalue weighted by atomic mass is 9.77. The number of amides is 1. The molecule has 6 heteroatoms. The van der Waals surface area contributed by atoms with Gasteiger partial charge in [0.25, 0.3) is 5.91 Å². The fourth-order valence-electron chi connectivity index (χ4n) is 3.61. The SMILES string of the molecule is Cc1nc(C2(C)CCN(C(=O)c3ccccc3F)CC2)c2sccn12. The maximum atomic E-state index is 13.9. The monoisotopic (exact) mass is 357 g/mol. The van der Waals surface area contributed by atoms with E-state index in [4.69, 9.17) is 4.98 Å². The third-order valence-electron chi connectivity index (χ3n) is 5.26. The Hall–Kier alpha value is -2.21. The summed E-state index contributed by atoms with van der Waals surface area (Å²) in [4.78, 5) is 20.4. The van der Waals surface area contributed by atoms with E-state index in [0.29, 0.717) is 13.1 Å². The summed E-state index contributed by atoms with van der Waals surface area (Å²) in [7, 11) is 0. The van der Waals surface area contributed by atoms with Crippen LogP contribution in [0.5, 0.6) is 0 Å². The number of hydrogen-bond acceptors (Lipinski definition) is 3. The second-order valence-corrected chi connectivity index (χ2v) is 7.81. The number of benzene rings is 1. The first-order valence-electron chi connectivity index (χ1n) is 8.46. The van der Waals surface area contributed by atoms with Crippen LogP contribution < -0.4 is 0 Å². The van der Waals surface area contributed by atoms with Crippen molar-refractivity contribution in [3.63, 3.8) is 0 Å². The van der Waals surface area contributed by atoms with E-state index < -0.39 is 5.82 Å². The molecule has 3 aromatic rings. The summed E-state index contributed by atoms with van der Waals surface area (Å²) in [5.74, 6) is 0.325. The lowest BCUT2D eigenvalue weighted by Gasteiger charge is -2.38. The number of rotatable bonds is 2. The number of thiazole rings is 1. The summed E-state index contributed by atoms with van der Waals surface area (Å²) in [5.41, 5.74) is 1.22. The fourth-order valence-corrected chi connectivity index (χ4v) is 4.63. The number of nitrogens with zero attached hydrogens (tertiary/aromatic N) is 3. The quantitative estimate of drug-likeness (QED) is 0.694. The maximum Gasteiger partial charge on any atom is 0.256 e. The molecule has 1 saturated heterocycles. The molecule has 0 saturated carbocycles. The number of fused-ring (bicyclic) bond motifs is 1. The summed E-state index contributed by atoms with van der Waals surface area (Å²) in [6.07, 6.45) is 3.71. The van der Waals surface area contributed by atoms with Gasteiger partial charge in [0.05, 0.1) is 11.3 Å². The van der Waals surface area contributed by atoms with E-state index in [-0.39, 0.29) is 16.9 Å². The van der Waals surface area contributed by atoms with Gasteiger partial charge < -0.3 is 4.90 Å². The number of halogens is 1. The summed E-state index contributed by atoms with van der Waals surface area (Å²) >= 11 is 1.70. The molecule has 0 atom stereocenters. The van der Waals surface area contributed by atoms with Crippen LogP contribution in [0.4, 0.5) is 4.39 Å². The molecule has 0 aliphatic carbocycles. The highest BCUT2D eigenvalue weighted by Crippen LogP contribution is 2.38. The maximum absolute atomic E-state index is 13.9. The van der Waals surface area contributed by atoms with Crippen LogP contribution in [0.2, 0.25) is 0 Å². The van der Waals surface area contributed by atoms with Crippen LogP contribution >= 0.6 is 11.3 Å². The number of aromatic nitrogens is 2. The Kier molecular flexibility index (Phi) is 3.87. The molecule has 0 unspecified atom stereocenters. The molecule has 1 aliphatic rings. The number of hydrogen-bond donors (Lipinski definition) is 0. The van der Waals surface area contributed by atoms with Gasteiger partial charge >= 0.3 is 0 Å². The lowest BCUT2D eigenvalue weighted by Crippen LogP contribution is -2.44. The van der Waals surface area contributed by atoms with Crippen molar-refractivity contribution in [1.29, 1.82) is 0 Å². The van der Waals surface area contributed by atoms with E-state index >= 15 is 0 Å². The predicted molar refractivity (Wildman–Crippen MR) is 96.7 cm³/mol. The van der Waals surface area contributed by atoms with E-state index in [2.05, 4.69) is 16.7 Å². The first-order valence-corrected chi connectivity index (χ1v) is 9.34. The van der Waals surface area contributed by atoms with E-state index in [1.807, 2.05) is 13.1 Å². The lowest BCUT2D eigenvalue weighted by molar-refractivity contribution is 0.0670. The van der Waals surface area contributed by atoms with Gasteiger partial charge in [-0.1, -0.05) is 19.1 Å². The molecule has 130 valence electrons. The van der Waals surface area contributed by atoms with E-state index in [9.17, 15) is 9.18 Å². The van der Waals surface area contributed by atoms with Gasteiger partial charge in [0.2, 0.25) is 0 Å². The molecular formula is C19H20FN3OS. The van der Waals surface area contributed by atoms with Gasteiger partial charge in [0, 0.05) is 30.1 Å². The molecular weight excluding hydrogens is 337 g/mol. The van der Waals surface area contributed by atoms with Crippen molar-refractivity contribution in [3.8, 4) is 0 Å². The van der Waals surface area contributed by atoms with Crippen LogP contribution in [0.25, 0.3) is 4.83 Å². The van der Waals surface area contributed by atoms with E-state index in [1.54, 1.807) is 34.4 Å². The standard InChI is InChI=1S/C19H20FN3OS/c1-13-21-16(18-23(13)11-12-25-18)19(2)7-9-22(10-8-19)17(24)14-5-3-4-6-15(14)20/h3-6,11-12H,7-10H2,1-2H3. The third kappa shape index (κ3) is 2.65. The topological polar surface area (TPSA) is 37.6 Å². The van der Waals surface area contributed by atoms with Crippen LogP contribution in [-0.2, 0) is 5.41 Å². The second-order valence-electron chi connectivity index (χ2n) is 6.92. The van der Waals surface area contributed by atoms with Gasteiger partial charge in [-0.3, -0.25) is 9.20 Å². The van der Waals surface area contributed by atoms with Crippen LogP contribution in [0, 0.1) is 12.7 Å². The molecule has 4 rings (SSSR count). The highest BCUT2D eigenvalue weighted by atomic mass is 32.1. The van der Waals surface area contributed by atoms with Crippen molar-refractivity contribution in [3.05, 3.63) is 58.7 Å². The molecule has 4 nitrogen and oxygen atoms in total. The minimum Gasteiger partial charge on any atom is -0.338 e. The minimum atomic E-state index is -0.453. The Bertz CT molecular complexity index is 937. The number of imidazole rings is 1. The molecule has 1 aliphatic heterocycles. The smallest absolute Gasteiger partial charge is 0.256 e. The highest BCUT2D eigenvalue weighted by molar-refractivity contribution is 7.15. The van der Waals surface area contributed by atoms with Gasteiger partial charge in [0.15, 0.2) is 0 Å². The fraction of sp³-hybridized carbons (Fsp3) is 0.368. The molecule has 0 radical (unpaired) electrons. The molecule has 0 spiro atoms. The summed E-state index contributed by atoms with van der Waals surface area (Å²) in [6.45, 7) is 5.48. The summed E-state index contributed by atoms with van der Waals surface area (Å²) < 4.78 is 16.0. The number of carbonyl (C=O) groups excluding carboxylic acids is 1. The largest absolute Gasteiger partial charge is 0.338 e. The molecule has 3 heterocycles. The van der Waals surface area contributed by atoms with E-state index in [0.717, 1.165) is 24.4 Å². The Labute approximate surface area is 149 Å². The molecule has 25 heavy (non-hydrogen) atoms. The highest BCUT2D eigenvalue weighted by Gasteiger charge is 2.37. The zero-order valence-electron chi connectivity index (χ0n) is 14.3. The third-order valence-corrected chi connectivity index (χ3v) is 6.13. The average Bonchev–Trinajstić information content (AvgIpc) is 3.20. The number of carbonyl (C=O) groups is 1. The summed E-state index contributed by atoms with van der Waals surface area (Å²) in [6, 6.07) is 6.20.